The first kappa shape index (κ1) is 23.6. The van der Waals surface area contributed by atoms with E-state index in [-0.39, 0.29) is 22.0 Å². The van der Waals surface area contributed by atoms with E-state index in [2.05, 4.69) is 15.6 Å². The summed E-state index contributed by atoms with van der Waals surface area (Å²) in [7, 11) is -3.72. The number of amides is 2. The molecule has 166 valence electrons. The van der Waals surface area contributed by atoms with Crippen molar-refractivity contribution in [2.24, 2.45) is 0 Å². The largest absolute Gasteiger partial charge is 0.468 e. The molecule has 2 aromatic carbocycles. The standard InChI is InChI=1S/C21H17Cl2N3O5S/c22-15-6-9-19(23)18(12-15)21(28)26-25-20(27)10-5-14-3-7-17(8-4-14)32(29,30)24-13-16-2-1-11-31-16/h1-12,24H,13H2,(H,25,27)(H,26,28)/b10-5+. The molecule has 0 aliphatic heterocycles. The van der Waals surface area contributed by atoms with Gasteiger partial charge < -0.3 is 4.42 Å². The minimum Gasteiger partial charge on any atom is -0.468 e. The zero-order chi connectivity index (χ0) is 23.1. The van der Waals surface area contributed by atoms with Crippen LogP contribution in [0.15, 0.2) is 76.2 Å². The maximum atomic E-state index is 12.3. The van der Waals surface area contributed by atoms with Gasteiger partial charge in [-0.15, -0.1) is 0 Å². The summed E-state index contributed by atoms with van der Waals surface area (Å²) >= 11 is 11.8. The molecule has 0 fully saturated rings. The smallest absolute Gasteiger partial charge is 0.271 e. The third kappa shape index (κ3) is 6.44. The normalized spacial score (nSPS) is 11.4. The molecule has 3 aromatic rings. The number of rotatable bonds is 7. The number of nitrogens with one attached hydrogen (secondary N) is 3. The first-order valence-corrected chi connectivity index (χ1v) is 11.3. The Morgan fingerprint density at radius 1 is 1.00 bits per heavy atom. The van der Waals surface area contributed by atoms with Crippen LogP contribution in [-0.2, 0) is 21.4 Å². The van der Waals surface area contributed by atoms with Crippen LogP contribution in [0.1, 0.15) is 21.7 Å². The Balaban J connectivity index is 1.54. The highest BCUT2D eigenvalue weighted by Crippen LogP contribution is 2.20. The Kier molecular flexibility index (Phi) is 7.70. The number of sulfonamides is 1. The summed E-state index contributed by atoms with van der Waals surface area (Å²) in [6.45, 7) is 0.0310. The highest BCUT2D eigenvalue weighted by Gasteiger charge is 2.14. The number of furan rings is 1. The van der Waals surface area contributed by atoms with Crippen LogP contribution in [0.4, 0.5) is 0 Å². The molecule has 3 N–H and O–H groups in total. The van der Waals surface area contributed by atoms with Crippen molar-refractivity contribution in [1.82, 2.24) is 15.6 Å². The lowest BCUT2D eigenvalue weighted by Crippen LogP contribution is -2.40. The number of carbonyl (C=O) groups excluding carboxylic acids is 2. The van der Waals surface area contributed by atoms with Crippen molar-refractivity contribution in [2.75, 3.05) is 0 Å². The zero-order valence-corrected chi connectivity index (χ0v) is 18.7. The lowest BCUT2D eigenvalue weighted by molar-refractivity contribution is -0.117. The van der Waals surface area contributed by atoms with Gasteiger partial charge >= 0.3 is 0 Å². The van der Waals surface area contributed by atoms with Gasteiger partial charge in [-0.3, -0.25) is 20.4 Å². The van der Waals surface area contributed by atoms with Crippen molar-refractivity contribution in [2.45, 2.75) is 11.4 Å². The van der Waals surface area contributed by atoms with Crippen LogP contribution in [0.5, 0.6) is 0 Å². The fourth-order valence-electron chi connectivity index (χ4n) is 2.49. The fourth-order valence-corrected chi connectivity index (χ4v) is 3.86. The third-order valence-corrected chi connectivity index (χ3v) is 6.09. The van der Waals surface area contributed by atoms with E-state index in [9.17, 15) is 18.0 Å². The van der Waals surface area contributed by atoms with Crippen LogP contribution in [0.2, 0.25) is 10.0 Å². The Morgan fingerprint density at radius 3 is 2.44 bits per heavy atom. The first-order chi connectivity index (χ1) is 15.2. The molecule has 0 atom stereocenters. The van der Waals surface area contributed by atoms with Gasteiger partial charge in [0, 0.05) is 11.1 Å². The summed E-state index contributed by atoms with van der Waals surface area (Å²) in [5.41, 5.74) is 5.14. The van der Waals surface area contributed by atoms with E-state index in [1.807, 2.05) is 0 Å². The molecule has 0 saturated carbocycles. The molecule has 32 heavy (non-hydrogen) atoms. The van der Waals surface area contributed by atoms with Gasteiger partial charge in [-0.05, 0) is 54.1 Å². The van der Waals surface area contributed by atoms with Crippen molar-refractivity contribution in [1.29, 1.82) is 0 Å². The second kappa shape index (κ2) is 10.5. The minimum atomic E-state index is -3.72. The molecule has 0 bridgehead atoms. The molecule has 3 rings (SSSR count). The number of benzene rings is 2. The summed E-state index contributed by atoms with van der Waals surface area (Å²) in [6, 6.07) is 13.6. The van der Waals surface area contributed by atoms with Crippen LogP contribution >= 0.6 is 23.2 Å². The van der Waals surface area contributed by atoms with Gasteiger partial charge in [0.15, 0.2) is 0 Å². The van der Waals surface area contributed by atoms with Crippen LogP contribution in [0, 0.1) is 0 Å². The first-order valence-electron chi connectivity index (χ1n) is 9.10. The zero-order valence-electron chi connectivity index (χ0n) is 16.3. The molecule has 2 amide bonds. The average Bonchev–Trinajstić information content (AvgIpc) is 3.30. The summed E-state index contributed by atoms with van der Waals surface area (Å²) in [6.07, 6.45) is 4.10. The van der Waals surface area contributed by atoms with Gasteiger partial charge in [-0.2, -0.15) is 0 Å². The Morgan fingerprint density at radius 2 is 1.75 bits per heavy atom. The molecular formula is C21H17Cl2N3O5S. The Labute approximate surface area is 194 Å². The lowest BCUT2D eigenvalue weighted by Gasteiger charge is -2.07. The highest BCUT2D eigenvalue weighted by atomic mass is 35.5. The minimum absolute atomic E-state index is 0.0310. The van der Waals surface area contributed by atoms with E-state index in [1.54, 1.807) is 12.1 Å². The monoisotopic (exact) mass is 493 g/mol. The van der Waals surface area contributed by atoms with Crippen LogP contribution < -0.4 is 15.6 Å². The second-order valence-electron chi connectivity index (χ2n) is 6.37. The van der Waals surface area contributed by atoms with Gasteiger partial charge in [-0.25, -0.2) is 13.1 Å². The van der Waals surface area contributed by atoms with Crippen molar-refractivity contribution in [3.05, 3.63) is 93.9 Å². The molecule has 1 heterocycles. The SMILES string of the molecule is O=C(/C=C/c1ccc(S(=O)(=O)NCc2ccco2)cc1)NNC(=O)c1cc(Cl)ccc1Cl. The van der Waals surface area contributed by atoms with Crippen molar-refractivity contribution in [3.8, 4) is 0 Å². The fraction of sp³-hybridized carbons (Fsp3) is 0.0476. The Bertz CT molecular complexity index is 1240. The Hall–Kier alpha value is -3.11. The van der Waals surface area contributed by atoms with Crippen LogP contribution in [0.3, 0.4) is 0 Å². The maximum Gasteiger partial charge on any atom is 0.271 e. The third-order valence-electron chi connectivity index (χ3n) is 4.11. The van der Waals surface area contributed by atoms with E-state index >= 15 is 0 Å². The van der Waals surface area contributed by atoms with Crippen molar-refractivity contribution < 1.29 is 22.4 Å². The molecule has 8 nitrogen and oxygen atoms in total. The number of carbonyl (C=O) groups is 2. The number of halogens is 2. The average molecular weight is 494 g/mol. The summed E-state index contributed by atoms with van der Waals surface area (Å²) in [4.78, 5) is 24.1. The summed E-state index contributed by atoms with van der Waals surface area (Å²) in [5.74, 6) is -0.743. The lowest BCUT2D eigenvalue weighted by atomic mass is 10.2. The quantitative estimate of drug-likeness (QED) is 0.343. The summed E-state index contributed by atoms with van der Waals surface area (Å²) < 4.78 is 32.2. The van der Waals surface area contributed by atoms with Gasteiger partial charge in [0.25, 0.3) is 11.8 Å². The number of hydrogen-bond acceptors (Lipinski definition) is 5. The molecular weight excluding hydrogens is 477 g/mol. The van der Waals surface area contributed by atoms with Gasteiger partial charge in [0.2, 0.25) is 10.0 Å². The molecule has 0 spiro atoms. The molecule has 0 radical (unpaired) electrons. The van der Waals surface area contributed by atoms with Gasteiger partial charge in [0.05, 0.1) is 28.3 Å². The molecule has 0 aliphatic rings. The molecule has 0 saturated heterocycles. The maximum absolute atomic E-state index is 12.3. The predicted octanol–water partition coefficient (Wildman–Crippen LogP) is 3.54. The van der Waals surface area contributed by atoms with Crippen LogP contribution in [0.25, 0.3) is 6.08 Å². The molecule has 1 aromatic heterocycles. The molecule has 0 unspecified atom stereocenters. The van der Waals surface area contributed by atoms with Crippen molar-refractivity contribution >= 4 is 51.1 Å². The van der Waals surface area contributed by atoms with Crippen molar-refractivity contribution in [3.63, 3.8) is 0 Å². The van der Waals surface area contributed by atoms with E-state index in [0.29, 0.717) is 16.3 Å². The van der Waals surface area contributed by atoms with Crippen LogP contribution in [-0.4, -0.2) is 20.2 Å². The predicted molar refractivity (Wildman–Crippen MR) is 120 cm³/mol. The number of hydrogen-bond donors (Lipinski definition) is 3. The van der Waals surface area contributed by atoms with E-state index in [0.717, 1.165) is 0 Å². The van der Waals surface area contributed by atoms with Gasteiger partial charge in [0.1, 0.15) is 5.76 Å². The number of hydrazine groups is 1. The van der Waals surface area contributed by atoms with E-state index < -0.39 is 21.8 Å². The second-order valence-corrected chi connectivity index (χ2v) is 8.98. The van der Waals surface area contributed by atoms with E-state index in [1.165, 1.54) is 60.9 Å². The molecule has 0 aliphatic carbocycles. The molecule has 11 heteroatoms. The topological polar surface area (TPSA) is 118 Å². The highest BCUT2D eigenvalue weighted by molar-refractivity contribution is 7.89. The van der Waals surface area contributed by atoms with E-state index in [4.69, 9.17) is 27.6 Å². The van der Waals surface area contributed by atoms with Gasteiger partial charge in [-0.1, -0.05) is 35.3 Å². The summed E-state index contributed by atoms with van der Waals surface area (Å²) in [5, 5.41) is 0.512.